The highest BCUT2D eigenvalue weighted by Crippen LogP contribution is 2.21. The zero-order valence-electron chi connectivity index (χ0n) is 10.7. The molecule has 1 amide bonds. The van der Waals surface area contributed by atoms with Gasteiger partial charge in [-0.2, -0.15) is 0 Å². The molecule has 0 atom stereocenters. The van der Waals surface area contributed by atoms with E-state index in [0.29, 0.717) is 11.4 Å². The Kier molecular flexibility index (Phi) is 4.21. The number of carbonyl (C=O) groups excluding carboxylic acids is 1. The van der Waals surface area contributed by atoms with Crippen LogP contribution < -0.4 is 16.2 Å². The lowest BCUT2D eigenvalue weighted by molar-refractivity contribution is 0.100. The predicted molar refractivity (Wildman–Crippen MR) is 77.4 cm³/mol. The fraction of sp³-hybridized carbons (Fsp3) is 0.0833. The van der Waals surface area contributed by atoms with Crippen molar-refractivity contribution < 1.29 is 17.6 Å². The molecule has 0 saturated carbocycles. The lowest BCUT2D eigenvalue weighted by Crippen LogP contribution is -2.12. The van der Waals surface area contributed by atoms with Crippen molar-refractivity contribution in [2.75, 3.05) is 5.32 Å². The molecule has 9 heteroatoms. The summed E-state index contributed by atoms with van der Waals surface area (Å²) >= 11 is 5.83. The molecule has 2 aromatic rings. The SMILES string of the molecule is NC(=O)c1cc(NCc2ccc(S(N)(=O)=O)o2)ccc1Cl. The summed E-state index contributed by atoms with van der Waals surface area (Å²) in [6.45, 7) is 0.204. The molecule has 0 saturated heterocycles. The van der Waals surface area contributed by atoms with Crippen molar-refractivity contribution in [3.63, 3.8) is 0 Å². The van der Waals surface area contributed by atoms with E-state index in [2.05, 4.69) is 5.32 Å². The van der Waals surface area contributed by atoms with Crippen LogP contribution in [0.3, 0.4) is 0 Å². The molecular weight excluding hydrogens is 318 g/mol. The number of benzene rings is 1. The molecule has 0 fully saturated rings. The molecule has 0 spiro atoms. The van der Waals surface area contributed by atoms with Crippen LogP contribution in [-0.2, 0) is 16.6 Å². The van der Waals surface area contributed by atoms with Gasteiger partial charge in [0.25, 0.3) is 10.0 Å². The van der Waals surface area contributed by atoms with Gasteiger partial charge in [0.2, 0.25) is 11.0 Å². The topological polar surface area (TPSA) is 128 Å². The first-order valence-electron chi connectivity index (χ1n) is 5.72. The zero-order valence-corrected chi connectivity index (χ0v) is 12.2. The average Bonchev–Trinajstić information content (AvgIpc) is 2.86. The summed E-state index contributed by atoms with van der Waals surface area (Å²) in [6.07, 6.45) is 0. The molecule has 112 valence electrons. The third-order valence-corrected chi connectivity index (χ3v) is 3.73. The Balaban J connectivity index is 2.12. The molecule has 1 aromatic carbocycles. The van der Waals surface area contributed by atoms with Gasteiger partial charge in [-0.15, -0.1) is 0 Å². The smallest absolute Gasteiger partial charge is 0.271 e. The van der Waals surface area contributed by atoms with Gasteiger partial charge in [-0.3, -0.25) is 4.79 Å². The summed E-state index contributed by atoms with van der Waals surface area (Å²) in [7, 11) is -3.86. The highest BCUT2D eigenvalue weighted by Gasteiger charge is 2.13. The highest BCUT2D eigenvalue weighted by atomic mass is 35.5. The van der Waals surface area contributed by atoms with E-state index in [0.717, 1.165) is 0 Å². The quantitative estimate of drug-likeness (QED) is 0.761. The summed E-state index contributed by atoms with van der Waals surface area (Å²) in [5.41, 5.74) is 5.96. The van der Waals surface area contributed by atoms with E-state index in [1.54, 1.807) is 6.07 Å². The minimum atomic E-state index is -3.86. The van der Waals surface area contributed by atoms with Gasteiger partial charge < -0.3 is 15.5 Å². The Hall–Kier alpha value is -2.03. The Labute approximate surface area is 125 Å². The summed E-state index contributed by atoms with van der Waals surface area (Å²) in [6, 6.07) is 7.43. The van der Waals surface area contributed by atoms with E-state index in [1.165, 1.54) is 24.3 Å². The first kappa shape index (κ1) is 15.4. The number of anilines is 1. The fourth-order valence-corrected chi connectivity index (χ4v) is 2.31. The van der Waals surface area contributed by atoms with Gasteiger partial charge in [0.15, 0.2) is 0 Å². The number of amides is 1. The average molecular weight is 330 g/mol. The number of hydrogen-bond donors (Lipinski definition) is 3. The molecule has 1 aromatic heterocycles. The zero-order chi connectivity index (χ0) is 15.6. The van der Waals surface area contributed by atoms with Crippen molar-refractivity contribution in [1.29, 1.82) is 0 Å². The van der Waals surface area contributed by atoms with E-state index < -0.39 is 15.9 Å². The molecule has 5 N–H and O–H groups in total. The Bertz CT molecular complexity index is 786. The van der Waals surface area contributed by atoms with Crippen LogP contribution in [0.4, 0.5) is 5.69 Å². The van der Waals surface area contributed by atoms with E-state index >= 15 is 0 Å². The number of halogens is 1. The van der Waals surface area contributed by atoms with Crippen LogP contribution in [0.25, 0.3) is 0 Å². The predicted octanol–water partition coefficient (Wildman–Crippen LogP) is 1.29. The van der Waals surface area contributed by atoms with E-state index in [-0.39, 0.29) is 22.2 Å². The Morgan fingerprint density at radius 3 is 2.57 bits per heavy atom. The minimum Gasteiger partial charge on any atom is -0.446 e. The largest absolute Gasteiger partial charge is 0.446 e. The van der Waals surface area contributed by atoms with Crippen LogP contribution in [0, 0.1) is 0 Å². The fourth-order valence-electron chi connectivity index (χ4n) is 1.62. The van der Waals surface area contributed by atoms with Crippen LogP contribution in [-0.4, -0.2) is 14.3 Å². The van der Waals surface area contributed by atoms with Crippen LogP contribution in [0.1, 0.15) is 16.1 Å². The number of rotatable bonds is 5. The third kappa shape index (κ3) is 3.75. The molecule has 2 rings (SSSR count). The molecule has 0 aliphatic heterocycles. The monoisotopic (exact) mass is 329 g/mol. The number of nitrogens with one attached hydrogen (secondary N) is 1. The number of primary sulfonamides is 1. The van der Waals surface area contributed by atoms with Crippen LogP contribution in [0.15, 0.2) is 39.8 Å². The first-order chi connectivity index (χ1) is 9.77. The molecule has 1 heterocycles. The Morgan fingerprint density at radius 1 is 1.29 bits per heavy atom. The molecular formula is C12H12ClN3O4S. The number of carbonyl (C=O) groups is 1. The van der Waals surface area contributed by atoms with Gasteiger partial charge in [-0.1, -0.05) is 11.6 Å². The maximum atomic E-state index is 11.2. The summed E-state index contributed by atoms with van der Waals surface area (Å²) in [4.78, 5) is 11.2. The van der Waals surface area contributed by atoms with Crippen molar-refractivity contribution in [1.82, 2.24) is 0 Å². The maximum Gasteiger partial charge on any atom is 0.271 e. The van der Waals surface area contributed by atoms with Gasteiger partial charge in [0, 0.05) is 5.69 Å². The maximum absolute atomic E-state index is 11.2. The number of furan rings is 1. The molecule has 21 heavy (non-hydrogen) atoms. The number of sulfonamides is 1. The van der Waals surface area contributed by atoms with E-state index in [4.69, 9.17) is 26.9 Å². The number of nitrogens with two attached hydrogens (primary N) is 2. The minimum absolute atomic E-state index is 0.186. The molecule has 0 bridgehead atoms. The normalized spacial score (nSPS) is 11.3. The van der Waals surface area contributed by atoms with Gasteiger partial charge in [0.05, 0.1) is 17.1 Å². The Morgan fingerprint density at radius 2 is 2.00 bits per heavy atom. The van der Waals surface area contributed by atoms with Crippen molar-refractivity contribution in [2.24, 2.45) is 10.9 Å². The van der Waals surface area contributed by atoms with Crippen molar-refractivity contribution in [3.8, 4) is 0 Å². The van der Waals surface area contributed by atoms with Crippen LogP contribution in [0.2, 0.25) is 5.02 Å². The van der Waals surface area contributed by atoms with Gasteiger partial charge in [-0.25, -0.2) is 13.6 Å². The van der Waals surface area contributed by atoms with E-state index in [9.17, 15) is 13.2 Å². The molecule has 0 unspecified atom stereocenters. The summed E-state index contributed by atoms with van der Waals surface area (Å²) < 4.78 is 27.2. The summed E-state index contributed by atoms with van der Waals surface area (Å²) in [5.74, 6) is -0.271. The number of hydrogen-bond acceptors (Lipinski definition) is 5. The first-order valence-corrected chi connectivity index (χ1v) is 7.64. The van der Waals surface area contributed by atoms with Crippen LogP contribution in [0.5, 0.6) is 0 Å². The van der Waals surface area contributed by atoms with Crippen molar-refractivity contribution in [2.45, 2.75) is 11.6 Å². The second kappa shape index (κ2) is 5.76. The summed E-state index contributed by atoms with van der Waals surface area (Å²) in [5, 5.41) is 7.83. The standard InChI is InChI=1S/C12H12ClN3O4S/c13-10-3-1-7(5-9(10)12(14)17)16-6-8-2-4-11(20-8)21(15,18)19/h1-5,16H,6H2,(H2,14,17)(H2,15,18,19). The second-order valence-electron chi connectivity index (χ2n) is 4.18. The second-order valence-corrected chi connectivity index (χ2v) is 6.08. The molecule has 0 radical (unpaired) electrons. The lowest BCUT2D eigenvalue weighted by atomic mass is 10.2. The van der Waals surface area contributed by atoms with Crippen LogP contribution >= 0.6 is 11.6 Å². The van der Waals surface area contributed by atoms with Gasteiger partial charge in [-0.05, 0) is 30.3 Å². The van der Waals surface area contributed by atoms with Crippen molar-refractivity contribution in [3.05, 3.63) is 46.7 Å². The lowest BCUT2D eigenvalue weighted by Gasteiger charge is -2.07. The molecule has 0 aliphatic carbocycles. The van der Waals surface area contributed by atoms with Gasteiger partial charge in [0.1, 0.15) is 5.76 Å². The third-order valence-electron chi connectivity index (χ3n) is 2.62. The molecule has 0 aliphatic rings. The number of primary amides is 1. The molecule has 7 nitrogen and oxygen atoms in total. The van der Waals surface area contributed by atoms with Gasteiger partial charge >= 0.3 is 0 Å². The highest BCUT2D eigenvalue weighted by molar-refractivity contribution is 7.89. The van der Waals surface area contributed by atoms with E-state index in [1.807, 2.05) is 0 Å². The van der Waals surface area contributed by atoms with Crippen molar-refractivity contribution >= 4 is 33.2 Å².